The van der Waals surface area contributed by atoms with Crippen LogP contribution in [0.4, 0.5) is 0 Å². The van der Waals surface area contributed by atoms with Crippen molar-refractivity contribution in [2.24, 2.45) is 28.1 Å². The Kier molecular flexibility index (Phi) is 3.54. The summed E-state index contributed by atoms with van der Waals surface area (Å²) >= 11 is 0. The summed E-state index contributed by atoms with van der Waals surface area (Å²) < 4.78 is 5.28. The van der Waals surface area contributed by atoms with Crippen LogP contribution in [0.25, 0.3) is 0 Å². The third kappa shape index (κ3) is 1.90. The molecule has 0 spiro atoms. The predicted molar refractivity (Wildman–Crippen MR) is 92.3 cm³/mol. The summed E-state index contributed by atoms with van der Waals surface area (Å²) in [6.45, 7) is 7.79. The molecule has 6 atom stereocenters. The maximum absolute atomic E-state index is 12.5. The first-order valence-corrected chi connectivity index (χ1v) is 9.67. The third-order valence-electron chi connectivity index (χ3n) is 8.85. The minimum absolute atomic E-state index is 0.0592. The minimum Gasteiger partial charge on any atom is -0.464 e. The van der Waals surface area contributed by atoms with Gasteiger partial charge in [0.05, 0.1) is 0 Å². The molecule has 3 saturated carbocycles. The number of allylic oxidation sites excluding steroid dienone is 1. The van der Waals surface area contributed by atoms with Gasteiger partial charge in [0.25, 0.3) is 6.47 Å². The summed E-state index contributed by atoms with van der Waals surface area (Å²) in [6.07, 6.45) is 10.7. The quantitative estimate of drug-likeness (QED) is 0.555. The van der Waals surface area contributed by atoms with E-state index < -0.39 is 0 Å². The first-order chi connectivity index (χ1) is 11.3. The highest BCUT2D eigenvalue weighted by Crippen LogP contribution is 2.69. The molecule has 0 radical (unpaired) electrons. The second kappa shape index (κ2) is 5.19. The van der Waals surface area contributed by atoms with E-state index in [9.17, 15) is 9.59 Å². The van der Waals surface area contributed by atoms with Crippen LogP contribution in [0.15, 0.2) is 11.6 Å². The van der Waals surface area contributed by atoms with Crippen LogP contribution in [0.1, 0.15) is 72.1 Å². The van der Waals surface area contributed by atoms with E-state index in [1.165, 1.54) is 5.57 Å². The SMILES string of the molecule is C[C@]12CC[C@H](OC=O)CC1=CC[C@H]1[C@@H]3CCC(=O)[C@@]3(C)CC[C@@]12C. The highest BCUT2D eigenvalue weighted by atomic mass is 16.5. The summed E-state index contributed by atoms with van der Waals surface area (Å²) in [6, 6.07) is 0. The number of ketones is 1. The van der Waals surface area contributed by atoms with Crippen molar-refractivity contribution >= 4 is 12.3 Å². The Bertz CT molecular complexity index is 608. The van der Waals surface area contributed by atoms with Gasteiger partial charge in [-0.15, -0.1) is 0 Å². The first kappa shape index (κ1) is 16.4. The lowest BCUT2D eigenvalue weighted by molar-refractivity contribution is -0.144. The molecule has 0 saturated heterocycles. The molecule has 0 aromatic rings. The van der Waals surface area contributed by atoms with Crippen LogP contribution in [0.2, 0.25) is 0 Å². The molecule has 0 amide bonds. The molecule has 3 nitrogen and oxygen atoms in total. The van der Waals surface area contributed by atoms with Gasteiger partial charge in [-0.1, -0.05) is 32.4 Å². The fourth-order valence-corrected chi connectivity index (χ4v) is 6.93. The van der Waals surface area contributed by atoms with E-state index in [2.05, 4.69) is 26.8 Å². The van der Waals surface area contributed by atoms with Crippen molar-refractivity contribution in [2.45, 2.75) is 78.2 Å². The molecule has 3 heteroatoms. The number of ether oxygens (including phenoxy) is 1. The molecule has 0 aliphatic heterocycles. The highest BCUT2D eigenvalue weighted by molar-refractivity contribution is 5.87. The summed E-state index contributed by atoms with van der Waals surface area (Å²) in [5, 5.41) is 0. The van der Waals surface area contributed by atoms with E-state index in [4.69, 9.17) is 4.74 Å². The molecule has 132 valence electrons. The Morgan fingerprint density at radius 2 is 1.92 bits per heavy atom. The van der Waals surface area contributed by atoms with Gasteiger partial charge in [-0.05, 0) is 61.2 Å². The molecule has 0 aromatic carbocycles. The lowest BCUT2D eigenvalue weighted by atomic mass is 9.41. The van der Waals surface area contributed by atoms with Crippen LogP contribution in [0, 0.1) is 28.1 Å². The second-order valence-corrected chi connectivity index (χ2v) is 9.40. The maximum Gasteiger partial charge on any atom is 0.293 e. The van der Waals surface area contributed by atoms with Gasteiger partial charge in [0.2, 0.25) is 0 Å². The number of carbonyl (C=O) groups is 2. The average molecular weight is 330 g/mol. The molecule has 0 aromatic heterocycles. The zero-order valence-corrected chi connectivity index (χ0v) is 15.3. The standard InChI is InChI=1S/C21H30O3/c1-19-10-11-21(3)17(16(19)6-7-18(19)23)5-4-14-12-15(24-13-22)8-9-20(14,21)2/h4,13,15-17H,5-12H2,1-3H3/t15-,16-,17-,19-,20-,21-/m0/s1. The first-order valence-electron chi connectivity index (χ1n) is 9.67. The molecule has 0 unspecified atom stereocenters. The number of fused-ring (bicyclic) bond motifs is 5. The van der Waals surface area contributed by atoms with Crippen LogP contribution < -0.4 is 0 Å². The number of rotatable bonds is 2. The summed E-state index contributed by atoms with van der Waals surface area (Å²) in [7, 11) is 0. The van der Waals surface area contributed by atoms with E-state index in [0.717, 1.165) is 51.4 Å². The van der Waals surface area contributed by atoms with Crippen molar-refractivity contribution in [2.75, 3.05) is 0 Å². The van der Waals surface area contributed by atoms with Gasteiger partial charge in [-0.3, -0.25) is 9.59 Å². The third-order valence-corrected chi connectivity index (χ3v) is 8.85. The van der Waals surface area contributed by atoms with Gasteiger partial charge >= 0.3 is 0 Å². The van der Waals surface area contributed by atoms with Crippen molar-refractivity contribution in [3.8, 4) is 0 Å². The zero-order chi connectivity index (χ0) is 17.2. The van der Waals surface area contributed by atoms with Crippen molar-refractivity contribution in [3.05, 3.63) is 11.6 Å². The van der Waals surface area contributed by atoms with Crippen LogP contribution >= 0.6 is 0 Å². The predicted octanol–water partition coefficient (Wildman–Crippen LogP) is 4.45. The van der Waals surface area contributed by atoms with Crippen molar-refractivity contribution in [1.29, 1.82) is 0 Å². The van der Waals surface area contributed by atoms with E-state index in [1.54, 1.807) is 0 Å². The Hall–Kier alpha value is -1.12. The molecule has 0 heterocycles. The zero-order valence-electron chi connectivity index (χ0n) is 15.3. The summed E-state index contributed by atoms with van der Waals surface area (Å²) in [5.41, 5.74) is 1.92. The molecule has 0 N–H and O–H groups in total. The van der Waals surface area contributed by atoms with Gasteiger partial charge in [-0.2, -0.15) is 0 Å². The smallest absolute Gasteiger partial charge is 0.293 e. The molecule has 0 bridgehead atoms. The molecule has 4 aliphatic rings. The van der Waals surface area contributed by atoms with E-state index in [-0.39, 0.29) is 22.3 Å². The van der Waals surface area contributed by atoms with Gasteiger partial charge < -0.3 is 4.74 Å². The van der Waals surface area contributed by atoms with Crippen LogP contribution in [-0.2, 0) is 14.3 Å². The van der Waals surface area contributed by atoms with Gasteiger partial charge in [-0.25, -0.2) is 0 Å². The fourth-order valence-electron chi connectivity index (χ4n) is 6.93. The lowest BCUT2D eigenvalue weighted by Gasteiger charge is -2.63. The lowest BCUT2D eigenvalue weighted by Crippen LogP contribution is -2.56. The minimum atomic E-state index is -0.0658. The Balaban J connectivity index is 1.69. The van der Waals surface area contributed by atoms with Gasteiger partial charge in [0.15, 0.2) is 0 Å². The number of Topliss-reactive ketones (excluding diaryl/α,β-unsaturated/α-hetero) is 1. The highest BCUT2D eigenvalue weighted by Gasteiger charge is 2.63. The van der Waals surface area contributed by atoms with Gasteiger partial charge in [0, 0.05) is 18.3 Å². The number of hydrogen-bond acceptors (Lipinski definition) is 3. The summed E-state index contributed by atoms with van der Waals surface area (Å²) in [4.78, 5) is 23.2. The normalized spacial score (nSPS) is 50.4. The Morgan fingerprint density at radius 1 is 1.12 bits per heavy atom. The largest absolute Gasteiger partial charge is 0.464 e. The van der Waals surface area contributed by atoms with Crippen molar-refractivity contribution < 1.29 is 14.3 Å². The molecule has 3 fully saturated rings. The number of carbonyl (C=O) groups excluding carboxylic acids is 2. The fraction of sp³-hybridized carbons (Fsp3) is 0.810. The van der Waals surface area contributed by atoms with Crippen molar-refractivity contribution in [3.63, 3.8) is 0 Å². The van der Waals surface area contributed by atoms with Crippen LogP contribution in [0.5, 0.6) is 0 Å². The average Bonchev–Trinajstić information content (AvgIpc) is 2.85. The number of hydrogen-bond donors (Lipinski definition) is 0. The Labute approximate surface area is 145 Å². The maximum atomic E-state index is 12.5. The van der Waals surface area contributed by atoms with Crippen LogP contribution in [0.3, 0.4) is 0 Å². The second-order valence-electron chi connectivity index (χ2n) is 9.40. The molecule has 4 aliphatic carbocycles. The molecular weight excluding hydrogens is 300 g/mol. The van der Waals surface area contributed by atoms with E-state index in [1.807, 2.05) is 0 Å². The van der Waals surface area contributed by atoms with E-state index >= 15 is 0 Å². The topological polar surface area (TPSA) is 43.4 Å². The molecule has 24 heavy (non-hydrogen) atoms. The van der Waals surface area contributed by atoms with E-state index in [0.29, 0.717) is 24.1 Å². The Morgan fingerprint density at radius 3 is 2.67 bits per heavy atom. The van der Waals surface area contributed by atoms with Gasteiger partial charge in [0.1, 0.15) is 11.9 Å². The molecule has 4 rings (SSSR count). The summed E-state index contributed by atoms with van der Waals surface area (Å²) in [5.74, 6) is 1.69. The monoisotopic (exact) mass is 330 g/mol. The van der Waals surface area contributed by atoms with Crippen molar-refractivity contribution in [1.82, 2.24) is 0 Å². The molecular formula is C21H30O3. The van der Waals surface area contributed by atoms with Crippen LogP contribution in [-0.4, -0.2) is 18.4 Å².